The zero-order valence-corrected chi connectivity index (χ0v) is 11.7. The van der Waals surface area contributed by atoms with E-state index < -0.39 is 0 Å². The molecule has 2 N–H and O–H groups in total. The molecule has 0 amide bonds. The van der Waals surface area contributed by atoms with Gasteiger partial charge in [-0.25, -0.2) is 0 Å². The van der Waals surface area contributed by atoms with E-state index in [1.54, 1.807) is 0 Å². The second-order valence-corrected chi connectivity index (χ2v) is 5.73. The van der Waals surface area contributed by atoms with Gasteiger partial charge in [0, 0.05) is 25.0 Å². The molecular formula is C15H24N2O. The Bertz CT molecular complexity index is 415. The van der Waals surface area contributed by atoms with Gasteiger partial charge in [-0.2, -0.15) is 0 Å². The molecule has 0 saturated heterocycles. The molecule has 0 unspecified atom stereocenters. The molecule has 0 aliphatic carbocycles. The van der Waals surface area contributed by atoms with Gasteiger partial charge in [0.25, 0.3) is 0 Å². The minimum absolute atomic E-state index is 0.0693. The van der Waals surface area contributed by atoms with Crippen molar-refractivity contribution >= 4 is 0 Å². The maximum atomic E-state index is 5.79. The maximum absolute atomic E-state index is 5.79. The van der Waals surface area contributed by atoms with Gasteiger partial charge in [-0.05, 0) is 44.5 Å². The molecule has 1 aliphatic heterocycles. The molecule has 0 radical (unpaired) electrons. The topological polar surface area (TPSA) is 38.5 Å². The van der Waals surface area contributed by atoms with E-state index >= 15 is 0 Å². The summed E-state index contributed by atoms with van der Waals surface area (Å²) in [6.07, 6.45) is 2.11. The van der Waals surface area contributed by atoms with Crippen LogP contribution < -0.4 is 10.5 Å². The molecule has 0 spiro atoms. The third-order valence-electron chi connectivity index (χ3n) is 4.02. The molecule has 0 atom stereocenters. The molecule has 1 aliphatic rings. The van der Waals surface area contributed by atoms with E-state index in [9.17, 15) is 0 Å². The number of nitrogens with zero attached hydrogens (tertiary/aromatic N) is 1. The van der Waals surface area contributed by atoms with E-state index in [2.05, 4.69) is 44.0 Å². The first kappa shape index (κ1) is 13.4. The van der Waals surface area contributed by atoms with Gasteiger partial charge in [0.2, 0.25) is 0 Å². The van der Waals surface area contributed by atoms with Crippen molar-refractivity contribution in [1.29, 1.82) is 0 Å². The lowest BCUT2D eigenvalue weighted by Gasteiger charge is -2.34. The smallest absolute Gasteiger partial charge is 0.122 e. The summed E-state index contributed by atoms with van der Waals surface area (Å²) in [7, 11) is 2.14. The van der Waals surface area contributed by atoms with Crippen LogP contribution in [0.15, 0.2) is 18.2 Å². The summed E-state index contributed by atoms with van der Waals surface area (Å²) < 4.78 is 5.52. The maximum Gasteiger partial charge on any atom is 0.122 e. The lowest BCUT2D eigenvalue weighted by atomic mass is 10.0. The predicted molar refractivity (Wildman–Crippen MR) is 75.1 cm³/mol. The van der Waals surface area contributed by atoms with Gasteiger partial charge in [-0.15, -0.1) is 0 Å². The highest BCUT2D eigenvalue weighted by atomic mass is 16.5. The van der Waals surface area contributed by atoms with Gasteiger partial charge in [-0.3, -0.25) is 4.90 Å². The van der Waals surface area contributed by atoms with Crippen LogP contribution in [0.5, 0.6) is 5.75 Å². The lowest BCUT2D eigenvalue weighted by molar-refractivity contribution is 0.166. The van der Waals surface area contributed by atoms with Gasteiger partial charge >= 0.3 is 0 Å². The monoisotopic (exact) mass is 248 g/mol. The van der Waals surface area contributed by atoms with Gasteiger partial charge in [0.15, 0.2) is 0 Å². The molecular weight excluding hydrogens is 224 g/mol. The van der Waals surface area contributed by atoms with E-state index in [1.165, 1.54) is 11.1 Å². The Kier molecular flexibility index (Phi) is 3.93. The molecule has 1 heterocycles. The molecule has 0 bridgehead atoms. The zero-order chi connectivity index (χ0) is 13.2. The second kappa shape index (κ2) is 5.29. The van der Waals surface area contributed by atoms with Crippen LogP contribution in [0.4, 0.5) is 0 Å². The Morgan fingerprint density at radius 3 is 2.89 bits per heavy atom. The standard InChI is InChI=1S/C15H24N2O/c1-15(2,11-16)17(3)8-6-12-4-5-14-13(10-12)7-9-18-14/h4-5,10H,6-9,11,16H2,1-3H3. The van der Waals surface area contributed by atoms with Crippen LogP contribution in [0.25, 0.3) is 0 Å². The van der Waals surface area contributed by atoms with Crippen LogP contribution in [-0.2, 0) is 12.8 Å². The number of nitrogens with two attached hydrogens (primary N) is 1. The average molecular weight is 248 g/mol. The number of likely N-dealkylation sites (N-methyl/N-ethyl adjacent to an activating group) is 1. The van der Waals surface area contributed by atoms with Crippen molar-refractivity contribution in [2.45, 2.75) is 32.2 Å². The molecule has 1 aromatic carbocycles. The number of benzene rings is 1. The van der Waals surface area contributed by atoms with E-state index in [0.29, 0.717) is 6.54 Å². The van der Waals surface area contributed by atoms with Crippen LogP contribution in [0.3, 0.4) is 0 Å². The van der Waals surface area contributed by atoms with E-state index in [-0.39, 0.29) is 5.54 Å². The van der Waals surface area contributed by atoms with Crippen LogP contribution in [0.2, 0.25) is 0 Å². The quantitative estimate of drug-likeness (QED) is 0.864. The summed E-state index contributed by atoms with van der Waals surface area (Å²) in [5, 5.41) is 0. The highest BCUT2D eigenvalue weighted by Crippen LogP contribution is 2.26. The minimum Gasteiger partial charge on any atom is -0.493 e. The largest absolute Gasteiger partial charge is 0.493 e. The van der Waals surface area contributed by atoms with Gasteiger partial charge in [0.05, 0.1) is 6.61 Å². The summed E-state index contributed by atoms with van der Waals surface area (Å²) in [4.78, 5) is 2.33. The minimum atomic E-state index is 0.0693. The molecule has 1 aromatic rings. The number of hydrogen-bond acceptors (Lipinski definition) is 3. The Balaban J connectivity index is 1.94. The summed E-state index contributed by atoms with van der Waals surface area (Å²) >= 11 is 0. The zero-order valence-electron chi connectivity index (χ0n) is 11.7. The number of fused-ring (bicyclic) bond motifs is 1. The molecule has 18 heavy (non-hydrogen) atoms. The van der Waals surface area contributed by atoms with E-state index in [4.69, 9.17) is 10.5 Å². The molecule has 0 saturated carbocycles. The average Bonchev–Trinajstić information content (AvgIpc) is 2.83. The van der Waals surface area contributed by atoms with Crippen LogP contribution >= 0.6 is 0 Å². The van der Waals surface area contributed by atoms with Crippen molar-refractivity contribution < 1.29 is 4.74 Å². The van der Waals surface area contributed by atoms with E-state index in [1.807, 2.05) is 0 Å². The highest BCUT2D eigenvalue weighted by Gasteiger charge is 2.21. The van der Waals surface area contributed by atoms with Crippen molar-refractivity contribution in [2.75, 3.05) is 26.7 Å². The summed E-state index contributed by atoms with van der Waals surface area (Å²) in [6, 6.07) is 6.56. The summed E-state index contributed by atoms with van der Waals surface area (Å²) in [5.41, 5.74) is 8.60. The van der Waals surface area contributed by atoms with Gasteiger partial charge in [-0.1, -0.05) is 12.1 Å². The van der Waals surface area contributed by atoms with Crippen LogP contribution in [0.1, 0.15) is 25.0 Å². The molecule has 0 fully saturated rings. The molecule has 2 rings (SSSR count). The fraction of sp³-hybridized carbons (Fsp3) is 0.600. The highest BCUT2D eigenvalue weighted by molar-refractivity contribution is 5.39. The third kappa shape index (κ3) is 2.85. The fourth-order valence-electron chi connectivity index (χ4n) is 2.15. The predicted octanol–water partition coefficient (Wildman–Crippen LogP) is 1.83. The van der Waals surface area contributed by atoms with Gasteiger partial charge in [0.1, 0.15) is 5.75 Å². The molecule has 100 valence electrons. The van der Waals surface area contributed by atoms with Crippen LogP contribution in [0, 0.1) is 0 Å². The third-order valence-corrected chi connectivity index (χ3v) is 4.02. The Morgan fingerprint density at radius 1 is 1.39 bits per heavy atom. The first-order valence-electron chi connectivity index (χ1n) is 6.69. The van der Waals surface area contributed by atoms with Gasteiger partial charge < -0.3 is 10.5 Å². The molecule has 3 heteroatoms. The normalized spacial score (nSPS) is 14.7. The van der Waals surface area contributed by atoms with Crippen molar-refractivity contribution in [2.24, 2.45) is 5.73 Å². The second-order valence-electron chi connectivity index (χ2n) is 5.73. The van der Waals surface area contributed by atoms with Crippen molar-refractivity contribution in [3.63, 3.8) is 0 Å². The van der Waals surface area contributed by atoms with Crippen molar-refractivity contribution in [3.05, 3.63) is 29.3 Å². The number of hydrogen-bond donors (Lipinski definition) is 1. The Morgan fingerprint density at radius 2 is 2.17 bits per heavy atom. The number of ether oxygens (including phenoxy) is 1. The summed E-state index contributed by atoms with van der Waals surface area (Å²) in [6.45, 7) is 6.91. The van der Waals surface area contributed by atoms with E-state index in [0.717, 1.165) is 31.7 Å². The number of rotatable bonds is 5. The van der Waals surface area contributed by atoms with Crippen LogP contribution in [-0.4, -0.2) is 37.2 Å². The Hall–Kier alpha value is -1.06. The molecule has 3 nitrogen and oxygen atoms in total. The Labute approximate surface area is 110 Å². The fourth-order valence-corrected chi connectivity index (χ4v) is 2.15. The molecule has 0 aromatic heterocycles. The summed E-state index contributed by atoms with van der Waals surface area (Å²) in [5.74, 6) is 1.06. The van der Waals surface area contributed by atoms with Crippen molar-refractivity contribution in [1.82, 2.24) is 4.90 Å². The first-order valence-corrected chi connectivity index (χ1v) is 6.69. The first-order chi connectivity index (χ1) is 8.53. The SMILES string of the molecule is CN(CCc1ccc2c(c1)CCO2)C(C)(C)CN. The lowest BCUT2D eigenvalue weighted by Crippen LogP contribution is -2.47. The van der Waals surface area contributed by atoms with Crippen molar-refractivity contribution in [3.8, 4) is 5.75 Å².